The van der Waals surface area contributed by atoms with Crippen LogP contribution in [0.4, 0.5) is 5.69 Å². The van der Waals surface area contributed by atoms with Crippen molar-refractivity contribution in [2.45, 2.75) is 20.8 Å². The van der Waals surface area contributed by atoms with Gasteiger partial charge in [0.05, 0.1) is 28.0 Å². The second-order valence-electron chi connectivity index (χ2n) is 6.80. The number of amides is 1. The average molecular weight is 457 g/mol. The SMILES string of the molecule is Cc1cc(-c2cc(C(=O)OCC(=O)Nc3cccnc3Cl)c3c(C)noc3n2)c(C)s1. The van der Waals surface area contributed by atoms with Gasteiger partial charge in [0.1, 0.15) is 0 Å². The molecule has 8 nitrogen and oxygen atoms in total. The van der Waals surface area contributed by atoms with E-state index in [9.17, 15) is 9.59 Å². The number of hydrogen-bond donors (Lipinski definition) is 1. The van der Waals surface area contributed by atoms with Crippen molar-refractivity contribution < 1.29 is 18.8 Å². The van der Waals surface area contributed by atoms with Crippen LogP contribution in [0.1, 0.15) is 25.8 Å². The molecular weight excluding hydrogens is 440 g/mol. The van der Waals surface area contributed by atoms with Crippen LogP contribution in [0, 0.1) is 20.8 Å². The van der Waals surface area contributed by atoms with Crippen molar-refractivity contribution in [3.8, 4) is 11.3 Å². The van der Waals surface area contributed by atoms with Crippen LogP contribution in [0.25, 0.3) is 22.4 Å². The summed E-state index contributed by atoms with van der Waals surface area (Å²) in [5, 5.41) is 7.07. The number of aromatic nitrogens is 3. The number of pyridine rings is 2. The zero-order chi connectivity index (χ0) is 22.1. The first kappa shape index (κ1) is 21.0. The van der Waals surface area contributed by atoms with Crippen LogP contribution in [0.3, 0.4) is 0 Å². The Labute approximate surface area is 186 Å². The quantitative estimate of drug-likeness (QED) is 0.342. The first-order chi connectivity index (χ1) is 14.8. The van der Waals surface area contributed by atoms with Crippen LogP contribution in [-0.4, -0.2) is 33.6 Å². The molecule has 0 spiro atoms. The minimum Gasteiger partial charge on any atom is -0.452 e. The number of esters is 1. The number of carbonyl (C=O) groups excluding carboxylic acids is 2. The van der Waals surface area contributed by atoms with Gasteiger partial charge in [0.25, 0.3) is 11.6 Å². The van der Waals surface area contributed by atoms with Gasteiger partial charge in [-0.1, -0.05) is 16.8 Å². The number of aryl methyl sites for hydroxylation is 3. The smallest absolute Gasteiger partial charge is 0.339 e. The predicted octanol–water partition coefficient (Wildman–Crippen LogP) is 4.72. The fraction of sp³-hybridized carbons (Fsp3) is 0.190. The number of thiophene rings is 1. The third-order valence-electron chi connectivity index (χ3n) is 4.52. The van der Waals surface area contributed by atoms with Crippen LogP contribution in [-0.2, 0) is 9.53 Å². The Morgan fingerprint density at radius 2 is 2.06 bits per heavy atom. The zero-order valence-corrected chi connectivity index (χ0v) is 18.4. The summed E-state index contributed by atoms with van der Waals surface area (Å²) in [6, 6.07) is 6.86. The van der Waals surface area contributed by atoms with Gasteiger partial charge in [-0.2, -0.15) is 0 Å². The Bertz CT molecular complexity index is 1310. The number of halogens is 1. The number of fused-ring (bicyclic) bond motifs is 1. The molecule has 4 rings (SSSR count). The number of nitrogens with zero attached hydrogens (tertiary/aromatic N) is 3. The summed E-state index contributed by atoms with van der Waals surface area (Å²) in [5.41, 5.74) is 2.77. The maximum absolute atomic E-state index is 12.9. The minimum absolute atomic E-state index is 0.143. The van der Waals surface area contributed by atoms with Gasteiger partial charge >= 0.3 is 5.97 Å². The Hall–Kier alpha value is -3.30. The first-order valence-electron chi connectivity index (χ1n) is 9.25. The summed E-state index contributed by atoms with van der Waals surface area (Å²) in [6.45, 7) is 5.20. The summed E-state index contributed by atoms with van der Waals surface area (Å²) in [6.07, 6.45) is 1.50. The van der Waals surface area contributed by atoms with Gasteiger partial charge in [0.15, 0.2) is 11.8 Å². The molecule has 0 aliphatic heterocycles. The van der Waals surface area contributed by atoms with E-state index < -0.39 is 18.5 Å². The van der Waals surface area contributed by atoms with Crippen LogP contribution in [0.15, 0.2) is 35.0 Å². The molecule has 0 bridgehead atoms. The van der Waals surface area contributed by atoms with E-state index in [0.717, 1.165) is 15.3 Å². The molecule has 0 fully saturated rings. The first-order valence-corrected chi connectivity index (χ1v) is 10.4. The van der Waals surface area contributed by atoms with Gasteiger partial charge in [0.2, 0.25) is 0 Å². The molecule has 0 atom stereocenters. The maximum atomic E-state index is 12.9. The Morgan fingerprint density at radius 1 is 1.26 bits per heavy atom. The lowest BCUT2D eigenvalue weighted by molar-refractivity contribution is -0.119. The summed E-state index contributed by atoms with van der Waals surface area (Å²) in [4.78, 5) is 35.6. The van der Waals surface area contributed by atoms with Gasteiger partial charge in [-0.3, -0.25) is 4.79 Å². The molecule has 31 heavy (non-hydrogen) atoms. The summed E-state index contributed by atoms with van der Waals surface area (Å²) in [7, 11) is 0. The molecule has 0 aromatic carbocycles. The van der Waals surface area contributed by atoms with E-state index in [1.807, 2.05) is 19.9 Å². The van der Waals surface area contributed by atoms with Gasteiger partial charge in [-0.05, 0) is 45.0 Å². The fourth-order valence-corrected chi connectivity index (χ4v) is 4.25. The highest BCUT2D eigenvalue weighted by Gasteiger charge is 2.22. The molecule has 158 valence electrons. The number of nitrogens with one attached hydrogen (secondary N) is 1. The van der Waals surface area contributed by atoms with Crippen LogP contribution >= 0.6 is 22.9 Å². The minimum atomic E-state index is -0.683. The average Bonchev–Trinajstić information content (AvgIpc) is 3.28. The van der Waals surface area contributed by atoms with Crippen molar-refractivity contribution in [2.24, 2.45) is 0 Å². The molecule has 0 radical (unpaired) electrons. The van der Waals surface area contributed by atoms with Crippen molar-refractivity contribution >= 4 is 51.6 Å². The van der Waals surface area contributed by atoms with Gasteiger partial charge in [-0.15, -0.1) is 11.3 Å². The zero-order valence-electron chi connectivity index (χ0n) is 16.9. The lowest BCUT2D eigenvalue weighted by Crippen LogP contribution is -2.21. The largest absolute Gasteiger partial charge is 0.452 e. The van der Waals surface area contributed by atoms with Crippen molar-refractivity contribution in [3.05, 3.63) is 56.6 Å². The fourth-order valence-electron chi connectivity index (χ4n) is 3.15. The molecule has 4 heterocycles. The highest BCUT2D eigenvalue weighted by Crippen LogP contribution is 2.33. The maximum Gasteiger partial charge on any atom is 0.339 e. The number of carbonyl (C=O) groups is 2. The number of rotatable bonds is 5. The van der Waals surface area contributed by atoms with Crippen molar-refractivity contribution in [1.29, 1.82) is 0 Å². The third-order valence-corrected chi connectivity index (χ3v) is 5.79. The lowest BCUT2D eigenvalue weighted by atomic mass is 10.1. The molecule has 0 aliphatic rings. The van der Waals surface area contributed by atoms with Crippen molar-refractivity contribution in [3.63, 3.8) is 0 Å². The number of hydrogen-bond acceptors (Lipinski definition) is 8. The Balaban J connectivity index is 1.60. The number of anilines is 1. The standard InChI is InChI=1S/C21H17ClN4O4S/c1-10-7-13(12(3)31-10)16-8-14(18-11(2)26-30-20(18)25-16)21(28)29-9-17(27)24-15-5-4-6-23-19(15)22/h4-8H,9H2,1-3H3,(H,24,27). The molecule has 0 unspecified atom stereocenters. The van der Waals surface area contributed by atoms with E-state index >= 15 is 0 Å². The van der Waals surface area contributed by atoms with E-state index in [1.54, 1.807) is 36.5 Å². The van der Waals surface area contributed by atoms with Crippen LogP contribution in [0.5, 0.6) is 0 Å². The Morgan fingerprint density at radius 3 is 2.77 bits per heavy atom. The second-order valence-corrected chi connectivity index (χ2v) is 8.61. The van der Waals surface area contributed by atoms with E-state index in [-0.39, 0.29) is 16.4 Å². The van der Waals surface area contributed by atoms with E-state index in [4.69, 9.17) is 20.9 Å². The van der Waals surface area contributed by atoms with Crippen molar-refractivity contribution in [1.82, 2.24) is 15.1 Å². The van der Waals surface area contributed by atoms with E-state index in [0.29, 0.717) is 22.5 Å². The molecule has 0 saturated heterocycles. The number of ether oxygens (including phenoxy) is 1. The molecule has 4 aromatic rings. The van der Waals surface area contributed by atoms with Gasteiger partial charge < -0.3 is 14.6 Å². The molecular formula is C21H17ClN4O4S. The highest BCUT2D eigenvalue weighted by molar-refractivity contribution is 7.12. The highest BCUT2D eigenvalue weighted by atomic mass is 35.5. The van der Waals surface area contributed by atoms with Crippen molar-refractivity contribution in [2.75, 3.05) is 11.9 Å². The monoisotopic (exact) mass is 456 g/mol. The topological polar surface area (TPSA) is 107 Å². The summed E-state index contributed by atoms with van der Waals surface area (Å²) < 4.78 is 10.6. The lowest BCUT2D eigenvalue weighted by Gasteiger charge is -2.09. The van der Waals surface area contributed by atoms with Gasteiger partial charge in [0, 0.05) is 21.5 Å². The van der Waals surface area contributed by atoms with E-state index in [1.165, 1.54) is 6.20 Å². The van der Waals surface area contributed by atoms with E-state index in [2.05, 4.69) is 20.4 Å². The Kier molecular flexibility index (Phi) is 5.71. The molecule has 4 aromatic heterocycles. The van der Waals surface area contributed by atoms with Gasteiger partial charge in [-0.25, -0.2) is 14.8 Å². The van der Waals surface area contributed by atoms with Crippen LogP contribution in [0.2, 0.25) is 5.15 Å². The third kappa shape index (κ3) is 4.28. The van der Waals surface area contributed by atoms with Crippen LogP contribution < -0.4 is 5.32 Å². The second kappa shape index (κ2) is 8.44. The molecule has 0 saturated carbocycles. The predicted molar refractivity (Wildman–Crippen MR) is 117 cm³/mol. The molecule has 1 amide bonds. The summed E-state index contributed by atoms with van der Waals surface area (Å²) >= 11 is 7.56. The molecule has 0 aliphatic carbocycles. The molecule has 10 heteroatoms. The summed E-state index contributed by atoms with van der Waals surface area (Å²) in [5.74, 6) is -1.22. The normalized spacial score (nSPS) is 11.0. The molecule has 1 N–H and O–H groups in total.